The molecule has 4 nitrogen and oxygen atoms in total. The first-order chi connectivity index (χ1) is 11.6. The highest BCUT2D eigenvalue weighted by Crippen LogP contribution is 2.43. The maximum absolute atomic E-state index is 12.9. The SMILES string of the molecule is COc1ccc([C@@H]2SCCN2C(=O)c2cccc(Cl)c2)c(OC)c1. The van der Waals surface area contributed by atoms with Gasteiger partial charge in [0.05, 0.1) is 14.2 Å². The van der Waals surface area contributed by atoms with Crippen LogP contribution in [0.2, 0.25) is 5.02 Å². The van der Waals surface area contributed by atoms with Gasteiger partial charge in [0, 0.05) is 34.5 Å². The molecule has 1 aliphatic rings. The van der Waals surface area contributed by atoms with Crippen molar-refractivity contribution >= 4 is 29.3 Å². The molecule has 2 aromatic carbocycles. The summed E-state index contributed by atoms with van der Waals surface area (Å²) in [6.07, 6.45) is 0. The number of benzene rings is 2. The van der Waals surface area contributed by atoms with Crippen molar-refractivity contribution in [3.05, 3.63) is 58.6 Å². The molecule has 1 amide bonds. The molecule has 0 unspecified atom stereocenters. The zero-order valence-corrected chi connectivity index (χ0v) is 15.1. The molecule has 1 heterocycles. The van der Waals surface area contributed by atoms with Crippen LogP contribution < -0.4 is 9.47 Å². The van der Waals surface area contributed by atoms with E-state index in [0.717, 1.165) is 22.8 Å². The summed E-state index contributed by atoms with van der Waals surface area (Å²) in [6.45, 7) is 0.690. The van der Waals surface area contributed by atoms with E-state index >= 15 is 0 Å². The van der Waals surface area contributed by atoms with Crippen molar-refractivity contribution in [1.82, 2.24) is 4.90 Å². The third-order valence-electron chi connectivity index (χ3n) is 3.93. The molecule has 3 rings (SSSR count). The molecule has 6 heteroatoms. The summed E-state index contributed by atoms with van der Waals surface area (Å²) in [7, 11) is 3.24. The Balaban J connectivity index is 1.92. The van der Waals surface area contributed by atoms with Crippen LogP contribution in [0.4, 0.5) is 0 Å². The van der Waals surface area contributed by atoms with Crippen molar-refractivity contribution in [2.24, 2.45) is 0 Å². The van der Waals surface area contributed by atoms with Crippen LogP contribution in [0.15, 0.2) is 42.5 Å². The highest BCUT2D eigenvalue weighted by Gasteiger charge is 2.33. The second kappa shape index (κ2) is 7.36. The fourth-order valence-corrected chi connectivity index (χ4v) is 4.22. The Morgan fingerprint density at radius 2 is 2.04 bits per heavy atom. The van der Waals surface area contributed by atoms with E-state index < -0.39 is 0 Å². The van der Waals surface area contributed by atoms with E-state index in [1.165, 1.54) is 0 Å². The Bertz CT molecular complexity index is 753. The zero-order chi connectivity index (χ0) is 17.1. The van der Waals surface area contributed by atoms with Crippen LogP contribution in [0.3, 0.4) is 0 Å². The lowest BCUT2D eigenvalue weighted by atomic mass is 10.1. The largest absolute Gasteiger partial charge is 0.497 e. The lowest BCUT2D eigenvalue weighted by Gasteiger charge is -2.25. The van der Waals surface area contributed by atoms with Crippen LogP contribution in [0, 0.1) is 0 Å². The highest BCUT2D eigenvalue weighted by molar-refractivity contribution is 7.99. The summed E-state index contributed by atoms with van der Waals surface area (Å²) in [5.74, 6) is 2.31. The van der Waals surface area contributed by atoms with Gasteiger partial charge in [0.2, 0.25) is 0 Å². The van der Waals surface area contributed by atoms with Crippen molar-refractivity contribution in [2.75, 3.05) is 26.5 Å². The second-order valence-corrected chi connectivity index (χ2v) is 6.96. The number of ether oxygens (including phenoxy) is 2. The first-order valence-corrected chi connectivity index (χ1v) is 8.97. The number of hydrogen-bond acceptors (Lipinski definition) is 4. The Morgan fingerprint density at radius 3 is 2.75 bits per heavy atom. The Kier molecular flexibility index (Phi) is 5.21. The smallest absolute Gasteiger partial charge is 0.255 e. The van der Waals surface area contributed by atoms with Gasteiger partial charge < -0.3 is 14.4 Å². The van der Waals surface area contributed by atoms with E-state index in [1.807, 2.05) is 23.1 Å². The normalized spacial score (nSPS) is 17.0. The minimum absolute atomic E-state index is 0.0228. The lowest BCUT2D eigenvalue weighted by molar-refractivity contribution is 0.0759. The number of methoxy groups -OCH3 is 2. The van der Waals surface area contributed by atoms with Gasteiger partial charge in [-0.05, 0) is 30.3 Å². The molecule has 0 radical (unpaired) electrons. The Morgan fingerprint density at radius 1 is 1.21 bits per heavy atom. The van der Waals surface area contributed by atoms with Gasteiger partial charge in [-0.1, -0.05) is 17.7 Å². The number of rotatable bonds is 4. The van der Waals surface area contributed by atoms with Gasteiger partial charge in [-0.2, -0.15) is 0 Å². The highest BCUT2D eigenvalue weighted by atomic mass is 35.5. The van der Waals surface area contributed by atoms with Crippen LogP contribution >= 0.6 is 23.4 Å². The number of halogens is 1. The number of amides is 1. The quantitative estimate of drug-likeness (QED) is 0.814. The minimum atomic E-state index is -0.0858. The maximum Gasteiger partial charge on any atom is 0.255 e. The maximum atomic E-state index is 12.9. The van der Waals surface area contributed by atoms with Gasteiger partial charge in [-0.15, -0.1) is 11.8 Å². The minimum Gasteiger partial charge on any atom is -0.497 e. The van der Waals surface area contributed by atoms with E-state index in [0.29, 0.717) is 17.1 Å². The third-order valence-corrected chi connectivity index (χ3v) is 5.41. The van der Waals surface area contributed by atoms with E-state index in [9.17, 15) is 4.79 Å². The standard InChI is InChI=1S/C18H18ClNO3S/c1-22-14-6-7-15(16(11-14)23-2)18-20(8-9-24-18)17(21)12-4-3-5-13(19)10-12/h3-7,10-11,18H,8-9H2,1-2H3/t18-/m0/s1. The predicted molar refractivity (Wildman–Crippen MR) is 97.2 cm³/mol. The molecule has 0 spiro atoms. The first kappa shape index (κ1) is 17.0. The molecule has 0 bridgehead atoms. The summed E-state index contributed by atoms with van der Waals surface area (Å²) < 4.78 is 10.7. The Labute approximate surface area is 150 Å². The lowest BCUT2D eigenvalue weighted by Crippen LogP contribution is -2.30. The van der Waals surface area contributed by atoms with Crippen molar-refractivity contribution in [3.63, 3.8) is 0 Å². The average Bonchev–Trinajstić information content (AvgIpc) is 3.09. The summed E-state index contributed by atoms with van der Waals surface area (Å²) >= 11 is 7.75. The van der Waals surface area contributed by atoms with Crippen molar-refractivity contribution in [2.45, 2.75) is 5.37 Å². The monoisotopic (exact) mass is 363 g/mol. The molecular formula is C18H18ClNO3S. The number of carbonyl (C=O) groups is 1. The number of nitrogens with zero attached hydrogens (tertiary/aromatic N) is 1. The molecule has 0 aromatic heterocycles. The van der Waals surface area contributed by atoms with Crippen LogP contribution in [0.5, 0.6) is 11.5 Å². The summed E-state index contributed by atoms with van der Waals surface area (Å²) in [5.41, 5.74) is 1.57. The van der Waals surface area contributed by atoms with Gasteiger partial charge in [-0.25, -0.2) is 0 Å². The van der Waals surface area contributed by atoms with Crippen molar-refractivity contribution < 1.29 is 14.3 Å². The molecule has 24 heavy (non-hydrogen) atoms. The fourth-order valence-electron chi connectivity index (χ4n) is 2.75. The average molecular weight is 364 g/mol. The molecule has 0 N–H and O–H groups in total. The predicted octanol–water partition coefficient (Wildman–Crippen LogP) is 4.25. The van der Waals surface area contributed by atoms with E-state index in [-0.39, 0.29) is 11.3 Å². The molecule has 126 valence electrons. The molecule has 0 aliphatic carbocycles. The molecule has 2 aromatic rings. The second-order valence-electron chi connectivity index (χ2n) is 5.34. The summed E-state index contributed by atoms with van der Waals surface area (Å²) in [6, 6.07) is 12.7. The summed E-state index contributed by atoms with van der Waals surface area (Å²) in [5, 5.41) is 0.476. The number of carbonyl (C=O) groups excluding carboxylic acids is 1. The van der Waals surface area contributed by atoms with Crippen molar-refractivity contribution in [1.29, 1.82) is 0 Å². The van der Waals surface area contributed by atoms with E-state index in [2.05, 4.69) is 0 Å². The fraction of sp³-hybridized carbons (Fsp3) is 0.278. The number of thioether (sulfide) groups is 1. The molecule has 1 saturated heterocycles. The van der Waals surface area contributed by atoms with E-state index in [4.69, 9.17) is 21.1 Å². The molecular weight excluding hydrogens is 346 g/mol. The van der Waals surface area contributed by atoms with Crippen LogP contribution in [0.25, 0.3) is 0 Å². The molecule has 1 atom stereocenters. The van der Waals surface area contributed by atoms with Gasteiger partial charge in [0.25, 0.3) is 5.91 Å². The van der Waals surface area contributed by atoms with Gasteiger partial charge in [0.1, 0.15) is 16.9 Å². The molecule has 1 aliphatic heterocycles. The summed E-state index contributed by atoms with van der Waals surface area (Å²) in [4.78, 5) is 14.8. The van der Waals surface area contributed by atoms with Crippen molar-refractivity contribution in [3.8, 4) is 11.5 Å². The first-order valence-electron chi connectivity index (χ1n) is 7.54. The van der Waals surface area contributed by atoms with Crippen LogP contribution in [-0.4, -0.2) is 37.3 Å². The molecule has 1 fully saturated rings. The van der Waals surface area contributed by atoms with Crippen LogP contribution in [-0.2, 0) is 0 Å². The van der Waals surface area contributed by atoms with Gasteiger partial charge >= 0.3 is 0 Å². The van der Waals surface area contributed by atoms with Gasteiger partial charge in [0.15, 0.2) is 0 Å². The third kappa shape index (κ3) is 3.32. The van der Waals surface area contributed by atoms with Crippen LogP contribution in [0.1, 0.15) is 21.3 Å². The van der Waals surface area contributed by atoms with Gasteiger partial charge in [-0.3, -0.25) is 4.79 Å². The van der Waals surface area contributed by atoms with E-state index in [1.54, 1.807) is 50.2 Å². The topological polar surface area (TPSA) is 38.8 Å². The Hall–Kier alpha value is -1.85. The number of hydrogen-bond donors (Lipinski definition) is 0. The molecule has 0 saturated carbocycles. The zero-order valence-electron chi connectivity index (χ0n) is 13.5.